The fourth-order valence-corrected chi connectivity index (χ4v) is 3.68. The molecule has 1 aliphatic rings. The lowest BCUT2D eigenvalue weighted by Crippen LogP contribution is -2.51. The van der Waals surface area contributed by atoms with Gasteiger partial charge in [-0.1, -0.05) is 36.4 Å². The molecule has 2 amide bonds. The zero-order chi connectivity index (χ0) is 22.4. The Bertz CT molecular complexity index is 922. The third-order valence-corrected chi connectivity index (χ3v) is 5.47. The van der Waals surface area contributed by atoms with E-state index in [0.29, 0.717) is 19.6 Å². The third kappa shape index (κ3) is 6.07. The van der Waals surface area contributed by atoms with Gasteiger partial charge in [0.05, 0.1) is 17.7 Å². The van der Waals surface area contributed by atoms with Gasteiger partial charge in [0, 0.05) is 32.7 Å². The number of hydrogen-bond acceptors (Lipinski definition) is 3. The van der Waals surface area contributed by atoms with Crippen molar-refractivity contribution in [2.45, 2.75) is 19.5 Å². The number of piperazine rings is 1. The van der Waals surface area contributed by atoms with Crippen molar-refractivity contribution in [2.24, 2.45) is 0 Å². The summed E-state index contributed by atoms with van der Waals surface area (Å²) in [6.07, 6.45) is -3.83. The molecule has 0 spiro atoms. The maximum absolute atomic E-state index is 13.2. The highest BCUT2D eigenvalue weighted by molar-refractivity contribution is 5.96. The minimum atomic E-state index is -4.58. The summed E-state index contributed by atoms with van der Waals surface area (Å²) < 4.78 is 39.6. The summed E-state index contributed by atoms with van der Waals surface area (Å²) in [5, 5.41) is 2.90. The molecular formula is C23H26F3N3O2. The maximum Gasteiger partial charge on any atom is 0.417 e. The molecule has 1 heterocycles. The summed E-state index contributed by atoms with van der Waals surface area (Å²) in [4.78, 5) is 28.2. The molecule has 3 rings (SSSR count). The number of aryl methyl sites for hydroxylation is 1. The van der Waals surface area contributed by atoms with E-state index >= 15 is 0 Å². The van der Waals surface area contributed by atoms with Crippen LogP contribution in [0.5, 0.6) is 0 Å². The Labute approximate surface area is 179 Å². The van der Waals surface area contributed by atoms with Gasteiger partial charge >= 0.3 is 6.18 Å². The molecule has 0 aliphatic carbocycles. The summed E-state index contributed by atoms with van der Waals surface area (Å²) in [7, 11) is 0. The Morgan fingerprint density at radius 3 is 2.29 bits per heavy atom. The lowest BCUT2D eigenvalue weighted by molar-refractivity contribution is -0.138. The first kappa shape index (κ1) is 22.8. The van der Waals surface area contributed by atoms with Crippen LogP contribution in [0, 0.1) is 6.92 Å². The molecule has 0 aromatic heterocycles. The van der Waals surface area contributed by atoms with Gasteiger partial charge in [0.2, 0.25) is 5.91 Å². The molecule has 2 aromatic carbocycles. The monoisotopic (exact) mass is 433 g/mol. The summed E-state index contributed by atoms with van der Waals surface area (Å²) in [5.74, 6) is -0.731. The average Bonchev–Trinajstić information content (AvgIpc) is 2.74. The fourth-order valence-electron chi connectivity index (χ4n) is 3.68. The van der Waals surface area contributed by atoms with E-state index in [9.17, 15) is 22.8 Å². The van der Waals surface area contributed by atoms with Crippen LogP contribution in [0.1, 0.15) is 27.0 Å². The van der Waals surface area contributed by atoms with Crippen molar-refractivity contribution < 1.29 is 22.8 Å². The van der Waals surface area contributed by atoms with Gasteiger partial charge in [0.1, 0.15) is 0 Å². The van der Waals surface area contributed by atoms with Gasteiger partial charge in [-0.3, -0.25) is 14.5 Å². The maximum atomic E-state index is 13.2. The first-order valence-electron chi connectivity index (χ1n) is 10.2. The number of nitrogens with zero attached hydrogens (tertiary/aromatic N) is 2. The normalized spacial score (nSPS) is 15.0. The molecular weight excluding hydrogens is 407 g/mol. The number of amides is 2. The smallest absolute Gasteiger partial charge is 0.355 e. The molecule has 5 nitrogen and oxygen atoms in total. The highest BCUT2D eigenvalue weighted by Crippen LogP contribution is 2.32. The van der Waals surface area contributed by atoms with Crippen molar-refractivity contribution in [3.63, 3.8) is 0 Å². The minimum absolute atomic E-state index is 0.101. The van der Waals surface area contributed by atoms with E-state index < -0.39 is 17.6 Å². The second kappa shape index (κ2) is 9.96. The van der Waals surface area contributed by atoms with Gasteiger partial charge in [-0.2, -0.15) is 13.2 Å². The molecule has 0 radical (unpaired) electrons. The predicted octanol–water partition coefficient (Wildman–Crippen LogP) is 3.13. The molecule has 2 aromatic rings. The fraction of sp³-hybridized carbons (Fsp3) is 0.391. The van der Waals surface area contributed by atoms with E-state index in [0.717, 1.165) is 12.5 Å². The minimum Gasteiger partial charge on any atom is -0.355 e. The van der Waals surface area contributed by atoms with Gasteiger partial charge < -0.3 is 10.2 Å². The lowest BCUT2D eigenvalue weighted by atomic mass is 10.1. The molecule has 1 N–H and O–H groups in total. The van der Waals surface area contributed by atoms with Crippen molar-refractivity contribution in [1.29, 1.82) is 0 Å². The van der Waals surface area contributed by atoms with E-state index in [-0.39, 0.29) is 31.1 Å². The number of hydrogen-bond donors (Lipinski definition) is 1. The Kier molecular flexibility index (Phi) is 7.33. The van der Waals surface area contributed by atoms with Crippen LogP contribution in [-0.2, 0) is 17.4 Å². The van der Waals surface area contributed by atoms with Gasteiger partial charge in [-0.15, -0.1) is 0 Å². The molecule has 166 valence electrons. The van der Waals surface area contributed by atoms with E-state index in [1.807, 2.05) is 36.1 Å². The molecule has 0 bridgehead atoms. The van der Waals surface area contributed by atoms with Crippen molar-refractivity contribution in [3.8, 4) is 0 Å². The molecule has 8 heteroatoms. The van der Waals surface area contributed by atoms with Gasteiger partial charge in [0.15, 0.2) is 0 Å². The topological polar surface area (TPSA) is 52.7 Å². The largest absolute Gasteiger partial charge is 0.417 e. The molecule has 0 atom stereocenters. The number of carbonyl (C=O) groups is 2. The van der Waals surface area contributed by atoms with Crippen molar-refractivity contribution >= 4 is 11.8 Å². The molecule has 0 unspecified atom stereocenters. The van der Waals surface area contributed by atoms with Crippen LogP contribution in [0.15, 0.2) is 48.5 Å². The van der Waals surface area contributed by atoms with Gasteiger partial charge in [-0.25, -0.2) is 0 Å². The molecule has 1 fully saturated rings. The van der Waals surface area contributed by atoms with Crippen LogP contribution in [0.4, 0.5) is 13.2 Å². The summed E-state index contributed by atoms with van der Waals surface area (Å²) in [6.45, 7) is 4.20. The van der Waals surface area contributed by atoms with Crippen molar-refractivity contribution in [1.82, 2.24) is 15.1 Å². The number of nitrogens with one attached hydrogen (secondary N) is 1. The van der Waals surface area contributed by atoms with Crippen LogP contribution in [0.3, 0.4) is 0 Å². The summed E-state index contributed by atoms with van der Waals surface area (Å²) >= 11 is 0. The first-order valence-corrected chi connectivity index (χ1v) is 10.2. The zero-order valence-electron chi connectivity index (χ0n) is 17.4. The van der Waals surface area contributed by atoms with Crippen LogP contribution in [0.2, 0.25) is 0 Å². The Hall–Kier alpha value is -2.87. The predicted molar refractivity (Wildman–Crippen MR) is 112 cm³/mol. The quantitative estimate of drug-likeness (QED) is 0.762. The van der Waals surface area contributed by atoms with E-state index in [1.54, 1.807) is 0 Å². The number of rotatable bonds is 6. The summed E-state index contributed by atoms with van der Waals surface area (Å²) in [5.41, 5.74) is 1.12. The van der Waals surface area contributed by atoms with E-state index in [4.69, 9.17) is 0 Å². The average molecular weight is 433 g/mol. The number of carbonyl (C=O) groups excluding carboxylic acids is 2. The van der Waals surface area contributed by atoms with Crippen LogP contribution < -0.4 is 5.32 Å². The van der Waals surface area contributed by atoms with Crippen LogP contribution >= 0.6 is 0 Å². The Morgan fingerprint density at radius 2 is 1.61 bits per heavy atom. The standard InChI is InChI=1S/C23H26F3N3O2/c1-17-6-2-3-7-18(17)10-11-27-21(30)16-28-12-14-29(15-13-28)22(31)19-8-4-5-9-20(19)23(24,25)26/h2-9H,10-16H2,1H3,(H,27,30). The second-order valence-electron chi connectivity index (χ2n) is 7.64. The van der Waals surface area contributed by atoms with Gasteiger partial charge in [0.25, 0.3) is 5.91 Å². The molecule has 0 saturated carbocycles. The zero-order valence-corrected chi connectivity index (χ0v) is 17.4. The van der Waals surface area contributed by atoms with Crippen molar-refractivity contribution in [3.05, 3.63) is 70.8 Å². The Morgan fingerprint density at radius 1 is 0.968 bits per heavy atom. The highest BCUT2D eigenvalue weighted by atomic mass is 19.4. The van der Waals surface area contributed by atoms with Crippen LogP contribution in [-0.4, -0.2) is 60.9 Å². The lowest BCUT2D eigenvalue weighted by Gasteiger charge is -2.34. The van der Waals surface area contributed by atoms with Crippen LogP contribution in [0.25, 0.3) is 0 Å². The number of alkyl halides is 3. The molecule has 1 aliphatic heterocycles. The highest BCUT2D eigenvalue weighted by Gasteiger charge is 2.36. The molecule has 31 heavy (non-hydrogen) atoms. The SMILES string of the molecule is Cc1ccccc1CCNC(=O)CN1CCN(C(=O)c2ccccc2C(F)(F)F)CC1. The number of halogens is 3. The summed E-state index contributed by atoms with van der Waals surface area (Å²) in [6, 6.07) is 12.8. The third-order valence-electron chi connectivity index (χ3n) is 5.47. The Balaban J connectivity index is 1.46. The van der Waals surface area contributed by atoms with E-state index in [1.165, 1.54) is 34.2 Å². The first-order chi connectivity index (χ1) is 14.8. The molecule has 1 saturated heterocycles. The van der Waals surface area contributed by atoms with Crippen molar-refractivity contribution in [2.75, 3.05) is 39.3 Å². The number of benzene rings is 2. The second-order valence-corrected chi connectivity index (χ2v) is 7.64. The van der Waals surface area contributed by atoms with E-state index in [2.05, 4.69) is 5.32 Å². The van der Waals surface area contributed by atoms with Gasteiger partial charge in [-0.05, 0) is 36.6 Å².